The van der Waals surface area contributed by atoms with Gasteiger partial charge in [-0.1, -0.05) is 32.0 Å². The molecule has 3 N–H and O–H groups in total. The van der Waals surface area contributed by atoms with Gasteiger partial charge in [0.05, 0.1) is 11.9 Å². The summed E-state index contributed by atoms with van der Waals surface area (Å²) in [5.41, 5.74) is 8.74. The van der Waals surface area contributed by atoms with Crippen molar-refractivity contribution in [1.29, 1.82) is 0 Å². The molecule has 0 bridgehead atoms. The van der Waals surface area contributed by atoms with Crippen LogP contribution in [0.4, 0.5) is 0 Å². The molecule has 0 aliphatic heterocycles. The highest BCUT2D eigenvalue weighted by molar-refractivity contribution is 5.92. The largest absolute Gasteiger partial charge is 0.464 e. The lowest BCUT2D eigenvalue weighted by molar-refractivity contribution is 0.369. The van der Waals surface area contributed by atoms with Crippen LogP contribution in [0.5, 0.6) is 0 Å². The van der Waals surface area contributed by atoms with Gasteiger partial charge in [0, 0.05) is 17.4 Å². The zero-order valence-corrected chi connectivity index (χ0v) is 11.8. The van der Waals surface area contributed by atoms with E-state index in [4.69, 9.17) is 10.2 Å². The fraction of sp³-hybridized carbons (Fsp3) is 0.312. The van der Waals surface area contributed by atoms with E-state index >= 15 is 0 Å². The van der Waals surface area contributed by atoms with E-state index in [9.17, 15) is 0 Å². The fourth-order valence-electron chi connectivity index (χ4n) is 2.30. The Hall–Kier alpha value is -2.07. The van der Waals surface area contributed by atoms with Crippen LogP contribution in [0.15, 0.2) is 41.1 Å². The molecular formula is C16H19N3O. The number of nitrogens with two attached hydrogens (primary N) is 1. The molecule has 3 rings (SSSR count). The van der Waals surface area contributed by atoms with E-state index < -0.39 is 0 Å². The van der Waals surface area contributed by atoms with Crippen molar-refractivity contribution in [3.63, 3.8) is 0 Å². The third-order valence-corrected chi connectivity index (χ3v) is 3.60. The van der Waals surface area contributed by atoms with E-state index in [1.54, 1.807) is 6.26 Å². The van der Waals surface area contributed by atoms with Crippen LogP contribution in [-0.4, -0.2) is 16.5 Å². The van der Waals surface area contributed by atoms with Crippen LogP contribution in [0.3, 0.4) is 0 Å². The predicted molar refractivity (Wildman–Crippen MR) is 80.3 cm³/mol. The van der Waals surface area contributed by atoms with E-state index in [1.165, 1.54) is 0 Å². The predicted octanol–water partition coefficient (Wildman–Crippen LogP) is 3.35. The topological polar surface area (TPSA) is 67.8 Å². The first-order valence-electron chi connectivity index (χ1n) is 6.80. The van der Waals surface area contributed by atoms with Crippen molar-refractivity contribution in [2.45, 2.75) is 20.3 Å². The van der Waals surface area contributed by atoms with Gasteiger partial charge in [0.2, 0.25) is 0 Å². The van der Waals surface area contributed by atoms with Gasteiger partial charge < -0.3 is 15.1 Å². The lowest BCUT2D eigenvalue weighted by Crippen LogP contribution is -2.26. The van der Waals surface area contributed by atoms with Crippen molar-refractivity contribution in [3.8, 4) is 11.3 Å². The Bertz CT molecular complexity index is 724. The van der Waals surface area contributed by atoms with Gasteiger partial charge in [-0.25, -0.2) is 4.98 Å². The second-order valence-electron chi connectivity index (χ2n) is 5.93. The molecule has 0 unspecified atom stereocenters. The number of nitrogens with zero attached hydrogens (tertiary/aromatic N) is 1. The first-order valence-corrected chi connectivity index (χ1v) is 6.80. The third kappa shape index (κ3) is 2.34. The Balaban J connectivity index is 1.94. The highest BCUT2D eigenvalue weighted by atomic mass is 16.3. The maximum Gasteiger partial charge on any atom is 0.134 e. The van der Waals surface area contributed by atoms with E-state index in [0.717, 1.165) is 34.5 Å². The number of benzene rings is 1. The number of nitrogens with one attached hydrogen (secondary N) is 1. The number of H-pyrrole nitrogens is 1. The van der Waals surface area contributed by atoms with Gasteiger partial charge in [0.1, 0.15) is 17.7 Å². The van der Waals surface area contributed by atoms with Crippen LogP contribution in [0.2, 0.25) is 0 Å². The molecule has 2 aromatic heterocycles. The molecule has 0 spiro atoms. The van der Waals surface area contributed by atoms with Crippen molar-refractivity contribution in [2.24, 2.45) is 11.1 Å². The van der Waals surface area contributed by atoms with Crippen molar-refractivity contribution in [3.05, 3.63) is 42.5 Å². The Kier molecular flexibility index (Phi) is 3.10. The smallest absolute Gasteiger partial charge is 0.134 e. The molecule has 0 saturated carbocycles. The molecule has 0 fully saturated rings. The van der Waals surface area contributed by atoms with Crippen LogP contribution in [-0.2, 0) is 6.42 Å². The average Bonchev–Trinajstić information content (AvgIpc) is 3.04. The van der Waals surface area contributed by atoms with Gasteiger partial charge in [-0.05, 0) is 18.0 Å². The maximum absolute atomic E-state index is 5.77. The third-order valence-electron chi connectivity index (χ3n) is 3.60. The zero-order valence-electron chi connectivity index (χ0n) is 11.8. The average molecular weight is 269 g/mol. The minimum Gasteiger partial charge on any atom is -0.464 e. The molecule has 1 aromatic carbocycles. The number of rotatable bonds is 4. The number of furan rings is 1. The van der Waals surface area contributed by atoms with Gasteiger partial charge in [-0.15, -0.1) is 0 Å². The van der Waals surface area contributed by atoms with Crippen LogP contribution in [0, 0.1) is 5.41 Å². The fourth-order valence-corrected chi connectivity index (χ4v) is 2.30. The summed E-state index contributed by atoms with van der Waals surface area (Å²) >= 11 is 0. The van der Waals surface area contributed by atoms with E-state index in [1.807, 2.05) is 24.4 Å². The minimum atomic E-state index is 0.0492. The minimum absolute atomic E-state index is 0.0492. The quantitative estimate of drug-likeness (QED) is 0.763. The summed E-state index contributed by atoms with van der Waals surface area (Å²) in [4.78, 5) is 7.83. The highest BCUT2D eigenvalue weighted by Gasteiger charge is 2.19. The molecule has 4 heteroatoms. The Morgan fingerprint density at radius 1 is 1.30 bits per heavy atom. The number of hydrogen-bond donors (Lipinski definition) is 2. The second-order valence-corrected chi connectivity index (χ2v) is 5.93. The van der Waals surface area contributed by atoms with E-state index in [-0.39, 0.29) is 5.41 Å². The molecule has 2 heterocycles. The lowest BCUT2D eigenvalue weighted by atomic mass is 9.89. The van der Waals surface area contributed by atoms with E-state index in [2.05, 4.69) is 29.9 Å². The summed E-state index contributed by atoms with van der Waals surface area (Å²) in [6, 6.07) is 8.00. The highest BCUT2D eigenvalue weighted by Crippen LogP contribution is 2.29. The number of fused-ring (bicyclic) bond motifs is 1. The van der Waals surface area contributed by atoms with E-state index in [0.29, 0.717) is 6.54 Å². The van der Waals surface area contributed by atoms with Gasteiger partial charge in [-0.3, -0.25) is 0 Å². The van der Waals surface area contributed by atoms with Crippen molar-refractivity contribution < 1.29 is 4.42 Å². The summed E-state index contributed by atoms with van der Waals surface area (Å²) in [6.07, 6.45) is 4.47. The molecular weight excluding hydrogens is 250 g/mol. The SMILES string of the molecule is CC(C)(CN)Cc1ncc(-c2coc3ccccc23)[nH]1. The first-order chi connectivity index (χ1) is 9.59. The Morgan fingerprint density at radius 2 is 2.10 bits per heavy atom. The molecule has 20 heavy (non-hydrogen) atoms. The monoisotopic (exact) mass is 269 g/mol. The lowest BCUT2D eigenvalue weighted by Gasteiger charge is -2.20. The Labute approximate surface area is 118 Å². The maximum atomic E-state index is 5.77. The van der Waals surface area contributed by atoms with Crippen LogP contribution < -0.4 is 5.73 Å². The van der Waals surface area contributed by atoms with Gasteiger partial charge in [0.25, 0.3) is 0 Å². The molecule has 0 radical (unpaired) electrons. The number of hydrogen-bond acceptors (Lipinski definition) is 3. The van der Waals surface area contributed by atoms with Crippen molar-refractivity contribution in [1.82, 2.24) is 9.97 Å². The molecule has 0 aliphatic carbocycles. The van der Waals surface area contributed by atoms with Gasteiger partial charge in [0.15, 0.2) is 0 Å². The molecule has 3 aromatic rings. The van der Waals surface area contributed by atoms with Gasteiger partial charge in [-0.2, -0.15) is 0 Å². The standard InChI is InChI=1S/C16H19N3O/c1-16(2,10-17)7-15-18-8-13(19-15)12-9-20-14-6-4-3-5-11(12)14/h3-6,8-9H,7,10,17H2,1-2H3,(H,18,19). The number of imidazole rings is 1. The van der Waals surface area contributed by atoms with Crippen LogP contribution >= 0.6 is 0 Å². The summed E-state index contributed by atoms with van der Waals surface area (Å²) in [6.45, 7) is 4.92. The molecule has 0 amide bonds. The number of aromatic nitrogens is 2. The molecule has 0 aliphatic rings. The summed E-state index contributed by atoms with van der Waals surface area (Å²) in [5, 5.41) is 1.10. The number of aromatic amines is 1. The van der Waals surface area contributed by atoms with Gasteiger partial charge >= 0.3 is 0 Å². The molecule has 104 valence electrons. The Morgan fingerprint density at radius 3 is 2.90 bits per heavy atom. The zero-order chi connectivity index (χ0) is 14.2. The van der Waals surface area contributed by atoms with Crippen LogP contribution in [0.25, 0.3) is 22.2 Å². The van der Waals surface area contributed by atoms with Crippen molar-refractivity contribution in [2.75, 3.05) is 6.54 Å². The summed E-state index contributed by atoms with van der Waals surface area (Å²) < 4.78 is 5.57. The molecule has 0 saturated heterocycles. The first kappa shape index (κ1) is 12.9. The second kappa shape index (κ2) is 4.80. The van der Waals surface area contributed by atoms with Crippen molar-refractivity contribution >= 4 is 11.0 Å². The molecule has 4 nitrogen and oxygen atoms in total. The normalized spacial score (nSPS) is 12.2. The summed E-state index contributed by atoms with van der Waals surface area (Å²) in [5.74, 6) is 0.959. The summed E-state index contributed by atoms with van der Waals surface area (Å²) in [7, 11) is 0. The van der Waals surface area contributed by atoms with Crippen LogP contribution in [0.1, 0.15) is 19.7 Å². The number of para-hydroxylation sites is 1. The molecule has 0 atom stereocenters.